The van der Waals surface area contributed by atoms with Gasteiger partial charge in [-0.3, -0.25) is 4.79 Å². The first-order chi connectivity index (χ1) is 12.2. The molecule has 1 heterocycles. The van der Waals surface area contributed by atoms with E-state index >= 15 is 0 Å². The number of benzene rings is 1. The van der Waals surface area contributed by atoms with Crippen molar-refractivity contribution in [3.63, 3.8) is 0 Å². The van der Waals surface area contributed by atoms with E-state index in [1.807, 2.05) is 6.07 Å². The van der Waals surface area contributed by atoms with Gasteiger partial charge in [0.25, 0.3) is 0 Å². The number of carbonyl (C=O) groups is 1. The van der Waals surface area contributed by atoms with Crippen LogP contribution in [0.2, 0.25) is 0 Å². The summed E-state index contributed by atoms with van der Waals surface area (Å²) < 4.78 is 5.57. The lowest BCUT2D eigenvalue weighted by atomic mass is 9.88. The van der Waals surface area contributed by atoms with Crippen molar-refractivity contribution < 1.29 is 9.53 Å². The quantitative estimate of drug-likeness (QED) is 0.795. The van der Waals surface area contributed by atoms with Gasteiger partial charge in [-0.15, -0.1) is 0 Å². The average Bonchev–Trinajstić information content (AvgIpc) is 3.15. The van der Waals surface area contributed by atoms with Gasteiger partial charge in [-0.2, -0.15) is 0 Å². The summed E-state index contributed by atoms with van der Waals surface area (Å²) in [6.07, 6.45) is 7.58. The lowest BCUT2D eigenvalue weighted by Gasteiger charge is -2.40. The molecule has 25 heavy (non-hydrogen) atoms. The third kappa shape index (κ3) is 5.29. The van der Waals surface area contributed by atoms with Crippen molar-refractivity contribution in [3.05, 3.63) is 35.9 Å². The minimum atomic E-state index is -0.0706. The molecule has 1 aromatic rings. The Kier molecular flexibility index (Phi) is 6.49. The Hall–Kier alpha value is -1.39. The Balaban J connectivity index is 1.57. The van der Waals surface area contributed by atoms with E-state index in [2.05, 4.69) is 41.8 Å². The molecule has 3 rings (SSSR count). The molecule has 2 N–H and O–H groups in total. The third-order valence-corrected chi connectivity index (χ3v) is 5.84. The van der Waals surface area contributed by atoms with Crippen LogP contribution in [-0.4, -0.2) is 31.2 Å². The Morgan fingerprint density at radius 2 is 1.88 bits per heavy atom. The number of rotatable bonds is 7. The fourth-order valence-corrected chi connectivity index (χ4v) is 4.24. The number of amides is 1. The molecule has 1 atom stereocenters. The van der Waals surface area contributed by atoms with Crippen molar-refractivity contribution in [2.45, 2.75) is 63.5 Å². The summed E-state index contributed by atoms with van der Waals surface area (Å²) in [5.74, 6) is 0.814. The number of hydrogen-bond donors (Lipinski definition) is 2. The van der Waals surface area contributed by atoms with Crippen molar-refractivity contribution in [2.75, 3.05) is 19.8 Å². The van der Waals surface area contributed by atoms with Gasteiger partial charge in [-0.05, 0) is 44.1 Å². The third-order valence-electron chi connectivity index (χ3n) is 5.84. The van der Waals surface area contributed by atoms with Gasteiger partial charge in [0, 0.05) is 37.8 Å². The standard InChI is InChI=1S/C21H32N2O2/c1-17(19-9-3-2-4-10-19)23-21(11-13-25-14-12-21)16-22-20(24)15-18-7-5-6-8-18/h2-4,9-10,17-18,23H,5-8,11-16H2,1H3,(H,22,24). The van der Waals surface area contributed by atoms with Crippen LogP contribution in [0.5, 0.6) is 0 Å². The highest BCUT2D eigenvalue weighted by atomic mass is 16.5. The van der Waals surface area contributed by atoms with Crippen LogP contribution in [-0.2, 0) is 9.53 Å². The summed E-state index contributed by atoms with van der Waals surface area (Å²) >= 11 is 0. The molecule has 4 nitrogen and oxygen atoms in total. The second-order valence-corrected chi connectivity index (χ2v) is 7.80. The monoisotopic (exact) mass is 344 g/mol. The maximum Gasteiger partial charge on any atom is 0.220 e. The van der Waals surface area contributed by atoms with Crippen LogP contribution >= 0.6 is 0 Å². The molecule has 0 radical (unpaired) electrons. The lowest BCUT2D eigenvalue weighted by molar-refractivity contribution is -0.122. The summed E-state index contributed by atoms with van der Waals surface area (Å²) in [6, 6.07) is 10.8. The van der Waals surface area contributed by atoms with Crippen molar-refractivity contribution in [3.8, 4) is 0 Å². The van der Waals surface area contributed by atoms with Gasteiger partial charge < -0.3 is 15.4 Å². The number of nitrogens with one attached hydrogen (secondary N) is 2. The molecule has 1 amide bonds. The van der Waals surface area contributed by atoms with E-state index in [1.165, 1.54) is 31.2 Å². The molecule has 1 aromatic carbocycles. The highest BCUT2D eigenvalue weighted by molar-refractivity contribution is 5.76. The zero-order valence-corrected chi connectivity index (χ0v) is 15.4. The predicted molar refractivity (Wildman–Crippen MR) is 100 cm³/mol. The van der Waals surface area contributed by atoms with Crippen LogP contribution in [0, 0.1) is 5.92 Å². The van der Waals surface area contributed by atoms with E-state index in [0.717, 1.165) is 26.1 Å². The Labute approximate surface area is 151 Å². The van der Waals surface area contributed by atoms with E-state index in [0.29, 0.717) is 18.9 Å². The largest absolute Gasteiger partial charge is 0.381 e. The number of carbonyl (C=O) groups excluding carboxylic acids is 1. The summed E-state index contributed by atoms with van der Waals surface area (Å²) in [5, 5.41) is 7.02. The van der Waals surface area contributed by atoms with Crippen LogP contribution in [0.4, 0.5) is 0 Å². The van der Waals surface area contributed by atoms with E-state index < -0.39 is 0 Å². The highest BCUT2D eigenvalue weighted by Gasteiger charge is 2.34. The molecule has 0 spiro atoms. The Bertz CT molecular complexity index is 534. The summed E-state index contributed by atoms with van der Waals surface area (Å²) in [6.45, 7) is 4.41. The first-order valence-electron chi connectivity index (χ1n) is 9.84. The minimum Gasteiger partial charge on any atom is -0.381 e. The Morgan fingerprint density at radius 1 is 1.20 bits per heavy atom. The zero-order chi connectivity index (χ0) is 17.5. The second kappa shape index (κ2) is 8.81. The minimum absolute atomic E-state index is 0.0706. The lowest BCUT2D eigenvalue weighted by Crippen LogP contribution is -2.57. The van der Waals surface area contributed by atoms with Crippen molar-refractivity contribution in [1.29, 1.82) is 0 Å². The second-order valence-electron chi connectivity index (χ2n) is 7.80. The topological polar surface area (TPSA) is 50.4 Å². The molecular weight excluding hydrogens is 312 g/mol. The molecule has 1 aliphatic heterocycles. The van der Waals surface area contributed by atoms with Gasteiger partial charge in [0.05, 0.1) is 0 Å². The molecule has 2 aliphatic rings. The molecule has 2 fully saturated rings. The average molecular weight is 344 g/mol. The van der Waals surface area contributed by atoms with Crippen LogP contribution < -0.4 is 10.6 Å². The van der Waals surface area contributed by atoms with Gasteiger partial charge in [-0.25, -0.2) is 0 Å². The van der Waals surface area contributed by atoms with Gasteiger partial charge in [0.15, 0.2) is 0 Å². The predicted octanol–water partition coefficient (Wildman–Crippen LogP) is 3.58. The van der Waals surface area contributed by atoms with Gasteiger partial charge >= 0.3 is 0 Å². The first-order valence-corrected chi connectivity index (χ1v) is 9.84. The maximum absolute atomic E-state index is 12.4. The summed E-state index contributed by atoms with van der Waals surface area (Å²) in [7, 11) is 0. The van der Waals surface area contributed by atoms with E-state index in [-0.39, 0.29) is 17.5 Å². The number of hydrogen-bond acceptors (Lipinski definition) is 3. The van der Waals surface area contributed by atoms with Crippen molar-refractivity contribution in [2.24, 2.45) is 5.92 Å². The SMILES string of the molecule is CC(NC1(CNC(=O)CC2CCCC2)CCOCC1)c1ccccc1. The summed E-state index contributed by atoms with van der Waals surface area (Å²) in [5.41, 5.74) is 1.21. The zero-order valence-electron chi connectivity index (χ0n) is 15.4. The maximum atomic E-state index is 12.4. The smallest absolute Gasteiger partial charge is 0.220 e. The van der Waals surface area contributed by atoms with Gasteiger partial charge in [-0.1, -0.05) is 43.2 Å². The van der Waals surface area contributed by atoms with Crippen LogP contribution in [0.15, 0.2) is 30.3 Å². The molecule has 0 aromatic heterocycles. The molecule has 138 valence electrons. The van der Waals surface area contributed by atoms with Crippen LogP contribution in [0.3, 0.4) is 0 Å². The van der Waals surface area contributed by atoms with Gasteiger partial charge in [0.2, 0.25) is 5.91 Å². The highest BCUT2D eigenvalue weighted by Crippen LogP contribution is 2.28. The fraction of sp³-hybridized carbons (Fsp3) is 0.667. The normalized spacial score (nSPS) is 21.8. The number of ether oxygens (including phenoxy) is 1. The van der Waals surface area contributed by atoms with E-state index in [1.54, 1.807) is 0 Å². The Morgan fingerprint density at radius 3 is 2.56 bits per heavy atom. The van der Waals surface area contributed by atoms with Crippen molar-refractivity contribution >= 4 is 5.91 Å². The summed E-state index contributed by atoms with van der Waals surface area (Å²) in [4.78, 5) is 12.4. The fourth-order valence-electron chi connectivity index (χ4n) is 4.24. The van der Waals surface area contributed by atoms with Crippen LogP contribution in [0.25, 0.3) is 0 Å². The molecule has 1 saturated heterocycles. The molecule has 0 bridgehead atoms. The molecule has 1 unspecified atom stereocenters. The van der Waals surface area contributed by atoms with Crippen molar-refractivity contribution in [1.82, 2.24) is 10.6 Å². The molecule has 4 heteroatoms. The van der Waals surface area contributed by atoms with Gasteiger partial charge in [0.1, 0.15) is 0 Å². The van der Waals surface area contributed by atoms with Crippen LogP contribution in [0.1, 0.15) is 63.5 Å². The molecule has 1 aliphatic carbocycles. The molecular formula is C21H32N2O2. The first kappa shape index (κ1) is 18.4. The molecule has 1 saturated carbocycles. The van der Waals surface area contributed by atoms with E-state index in [9.17, 15) is 4.79 Å². The van der Waals surface area contributed by atoms with E-state index in [4.69, 9.17) is 4.74 Å².